The van der Waals surface area contributed by atoms with Gasteiger partial charge in [-0.3, -0.25) is 14.5 Å². The Kier molecular flexibility index (Phi) is 7.53. The predicted octanol–water partition coefficient (Wildman–Crippen LogP) is 3.89. The molecular weight excluding hydrogens is 496 g/mol. The third-order valence-corrected chi connectivity index (χ3v) is 6.83. The van der Waals surface area contributed by atoms with Gasteiger partial charge in [-0.15, -0.1) is 10.2 Å². The van der Waals surface area contributed by atoms with Crippen molar-refractivity contribution in [2.24, 2.45) is 0 Å². The highest BCUT2D eigenvalue weighted by Crippen LogP contribution is 2.32. The minimum atomic E-state index is -1.07. The van der Waals surface area contributed by atoms with Gasteiger partial charge < -0.3 is 15.5 Å². The third-order valence-electron chi connectivity index (χ3n) is 6.83. The molecule has 1 fully saturated rings. The molecule has 39 heavy (non-hydrogen) atoms. The van der Waals surface area contributed by atoms with Gasteiger partial charge in [-0.05, 0) is 54.8 Å². The Hall–Kier alpha value is -4.73. The quantitative estimate of drug-likeness (QED) is 0.317. The molecule has 1 atom stereocenters. The maximum absolute atomic E-state index is 13.9. The Bertz CT molecular complexity index is 1450. The van der Waals surface area contributed by atoms with Gasteiger partial charge in [-0.2, -0.15) is 4.80 Å². The van der Waals surface area contributed by atoms with Crippen molar-refractivity contribution in [3.8, 4) is 22.9 Å². The van der Waals surface area contributed by atoms with Gasteiger partial charge in [0.15, 0.2) is 0 Å². The van der Waals surface area contributed by atoms with Gasteiger partial charge in [0, 0.05) is 23.4 Å². The van der Waals surface area contributed by atoms with E-state index < -0.39 is 11.9 Å². The van der Waals surface area contributed by atoms with Gasteiger partial charge >= 0.3 is 0 Å². The summed E-state index contributed by atoms with van der Waals surface area (Å²) in [5.74, 6) is -0.462. The molecule has 1 saturated carbocycles. The first-order valence-corrected chi connectivity index (χ1v) is 12.9. The summed E-state index contributed by atoms with van der Waals surface area (Å²) in [4.78, 5) is 30.2. The summed E-state index contributed by atoms with van der Waals surface area (Å²) in [5.41, 5.74) is 2.70. The van der Waals surface area contributed by atoms with E-state index in [4.69, 9.17) is 0 Å². The number of tetrazole rings is 1. The van der Waals surface area contributed by atoms with Gasteiger partial charge in [-0.25, -0.2) is 0 Å². The summed E-state index contributed by atoms with van der Waals surface area (Å²) in [6, 6.07) is 19.0. The Balaban J connectivity index is 1.50. The van der Waals surface area contributed by atoms with Crippen LogP contribution >= 0.6 is 0 Å². The zero-order valence-electron chi connectivity index (χ0n) is 21.6. The van der Waals surface area contributed by atoms with Gasteiger partial charge in [0.25, 0.3) is 5.91 Å². The normalized spacial score (nSPS) is 14.2. The fourth-order valence-corrected chi connectivity index (χ4v) is 4.83. The van der Waals surface area contributed by atoms with Crippen LogP contribution in [0.3, 0.4) is 0 Å². The highest BCUT2D eigenvalue weighted by Gasteiger charge is 2.35. The topological polar surface area (TPSA) is 133 Å². The summed E-state index contributed by atoms with van der Waals surface area (Å²) in [7, 11) is 0. The molecule has 0 saturated heterocycles. The zero-order chi connectivity index (χ0) is 27.4. The lowest BCUT2D eigenvalue weighted by molar-refractivity contribution is -0.127. The number of hydrogen-bond acceptors (Lipinski definition) is 7. The lowest BCUT2D eigenvalue weighted by Crippen LogP contribution is -2.47. The number of aryl methyl sites for hydroxylation is 1. The molecule has 10 heteroatoms. The second kappa shape index (κ2) is 11.3. The van der Waals surface area contributed by atoms with Gasteiger partial charge in [0.2, 0.25) is 11.7 Å². The molecule has 1 aliphatic carbocycles. The molecule has 3 aromatic carbocycles. The van der Waals surface area contributed by atoms with E-state index in [-0.39, 0.29) is 30.0 Å². The van der Waals surface area contributed by atoms with E-state index in [2.05, 4.69) is 20.7 Å². The Labute approximate surface area is 225 Å². The Morgan fingerprint density at radius 2 is 1.72 bits per heavy atom. The number of aromatic hydroxyl groups is 2. The predicted molar refractivity (Wildman–Crippen MR) is 145 cm³/mol. The lowest BCUT2D eigenvalue weighted by atomic mass is 10.0. The van der Waals surface area contributed by atoms with E-state index in [1.165, 1.54) is 34.0 Å². The molecule has 1 unspecified atom stereocenters. The van der Waals surface area contributed by atoms with Gasteiger partial charge in [0.05, 0.1) is 0 Å². The van der Waals surface area contributed by atoms with Crippen LogP contribution in [0.2, 0.25) is 0 Å². The highest BCUT2D eigenvalue weighted by atomic mass is 16.3. The largest absolute Gasteiger partial charge is 0.508 e. The van der Waals surface area contributed by atoms with E-state index in [1.807, 2.05) is 31.2 Å². The number of carbonyl (C=O) groups is 2. The summed E-state index contributed by atoms with van der Waals surface area (Å²) >= 11 is 0. The monoisotopic (exact) mass is 526 g/mol. The number of aromatic nitrogens is 4. The van der Waals surface area contributed by atoms with E-state index >= 15 is 0 Å². The number of phenols is 2. The summed E-state index contributed by atoms with van der Waals surface area (Å²) in [6.45, 7) is 1.69. The van der Waals surface area contributed by atoms with Crippen molar-refractivity contribution < 1.29 is 19.8 Å². The molecule has 1 heterocycles. The third kappa shape index (κ3) is 6.06. The number of nitrogens with one attached hydrogen (secondary N) is 1. The number of phenolic OH excluding ortho intramolecular Hbond substituents is 2. The number of nitrogens with zero attached hydrogens (tertiary/aromatic N) is 5. The van der Waals surface area contributed by atoms with Crippen LogP contribution in [0.1, 0.15) is 42.9 Å². The van der Waals surface area contributed by atoms with Crippen LogP contribution < -0.4 is 10.2 Å². The molecule has 200 valence electrons. The molecule has 2 amide bonds. The number of rotatable bonds is 8. The average molecular weight is 527 g/mol. The summed E-state index contributed by atoms with van der Waals surface area (Å²) < 4.78 is 0. The van der Waals surface area contributed by atoms with Crippen LogP contribution in [0.4, 0.5) is 5.69 Å². The second-order valence-electron chi connectivity index (χ2n) is 9.78. The first kappa shape index (κ1) is 25.9. The van der Waals surface area contributed by atoms with Crippen molar-refractivity contribution in [3.63, 3.8) is 0 Å². The summed E-state index contributed by atoms with van der Waals surface area (Å²) in [5, 5.41) is 35.7. The molecule has 10 nitrogen and oxygen atoms in total. The first-order valence-electron chi connectivity index (χ1n) is 12.9. The average Bonchev–Trinajstić information content (AvgIpc) is 3.60. The van der Waals surface area contributed by atoms with Crippen molar-refractivity contribution in [1.29, 1.82) is 0 Å². The van der Waals surface area contributed by atoms with E-state index in [1.54, 1.807) is 24.3 Å². The lowest BCUT2D eigenvalue weighted by Gasteiger charge is -2.32. The molecular formula is C29H30N6O4. The number of carbonyl (C=O) groups excluding carboxylic acids is 2. The van der Waals surface area contributed by atoms with Crippen LogP contribution in [0.5, 0.6) is 11.5 Å². The maximum atomic E-state index is 13.9. The van der Waals surface area contributed by atoms with E-state index in [0.29, 0.717) is 17.1 Å². The van der Waals surface area contributed by atoms with Crippen molar-refractivity contribution in [2.45, 2.75) is 51.2 Å². The van der Waals surface area contributed by atoms with Crippen molar-refractivity contribution in [1.82, 2.24) is 25.5 Å². The number of benzene rings is 3. The first-order chi connectivity index (χ1) is 18.9. The highest BCUT2D eigenvalue weighted by molar-refractivity contribution is 6.01. The molecule has 1 aromatic heterocycles. The van der Waals surface area contributed by atoms with Crippen LogP contribution in [0, 0.1) is 6.92 Å². The van der Waals surface area contributed by atoms with Gasteiger partial charge in [0.1, 0.15) is 24.1 Å². The van der Waals surface area contributed by atoms with Gasteiger partial charge in [-0.1, -0.05) is 60.9 Å². The van der Waals surface area contributed by atoms with Crippen LogP contribution in [0.25, 0.3) is 11.4 Å². The van der Waals surface area contributed by atoms with Crippen molar-refractivity contribution >= 4 is 17.5 Å². The molecule has 4 aromatic rings. The molecule has 0 spiro atoms. The number of anilines is 1. The minimum Gasteiger partial charge on any atom is -0.508 e. The Morgan fingerprint density at radius 1 is 1.00 bits per heavy atom. The van der Waals surface area contributed by atoms with E-state index in [9.17, 15) is 19.8 Å². The molecule has 0 aliphatic heterocycles. The van der Waals surface area contributed by atoms with Crippen LogP contribution in [0.15, 0.2) is 72.8 Å². The minimum absolute atomic E-state index is 0.0206. The second-order valence-corrected chi connectivity index (χ2v) is 9.78. The van der Waals surface area contributed by atoms with Crippen LogP contribution in [-0.2, 0) is 16.1 Å². The molecule has 1 aliphatic rings. The maximum Gasteiger partial charge on any atom is 0.251 e. The molecule has 0 radical (unpaired) electrons. The van der Waals surface area contributed by atoms with Crippen LogP contribution in [-0.4, -0.2) is 48.3 Å². The standard InChI is InChI=1S/C29H30N6O4/c1-19-9-11-21(12-10-19)28-31-33-34(32-28)18-26(38)35(23-7-4-8-25(37)17-23)27(20-13-15-24(36)16-14-20)29(39)30-22-5-2-3-6-22/h4,7-17,22,27,36-37H,2-3,5-6,18H2,1H3,(H,30,39). The zero-order valence-corrected chi connectivity index (χ0v) is 21.6. The van der Waals surface area contributed by atoms with Crippen molar-refractivity contribution in [3.05, 3.63) is 83.9 Å². The number of hydrogen-bond donors (Lipinski definition) is 3. The summed E-state index contributed by atoms with van der Waals surface area (Å²) in [6.07, 6.45) is 3.81. The van der Waals surface area contributed by atoms with E-state index in [0.717, 1.165) is 36.8 Å². The number of amides is 2. The Morgan fingerprint density at radius 3 is 2.41 bits per heavy atom. The fraction of sp³-hybridized carbons (Fsp3) is 0.276. The smallest absolute Gasteiger partial charge is 0.251 e. The molecule has 5 rings (SSSR count). The van der Waals surface area contributed by atoms with Crippen molar-refractivity contribution in [2.75, 3.05) is 4.90 Å². The molecule has 3 N–H and O–H groups in total. The SMILES string of the molecule is Cc1ccc(-c2nnn(CC(=O)N(c3cccc(O)c3)C(C(=O)NC3CCCC3)c3ccc(O)cc3)n2)cc1. The molecule has 0 bridgehead atoms. The fourth-order valence-electron chi connectivity index (χ4n) is 4.83.